The van der Waals surface area contributed by atoms with Gasteiger partial charge in [-0.05, 0) is 5.75 Å². The van der Waals surface area contributed by atoms with Gasteiger partial charge in [-0.1, -0.05) is 6.04 Å². The van der Waals surface area contributed by atoms with E-state index < -0.39 is 6.04 Å². The number of hydrogen-bond donors (Lipinski definition) is 3. The van der Waals surface area contributed by atoms with E-state index in [0.29, 0.717) is 5.75 Å². The summed E-state index contributed by atoms with van der Waals surface area (Å²) in [5, 5.41) is 0. The van der Waals surface area contributed by atoms with Crippen molar-refractivity contribution < 1.29 is 60.7 Å². The molecule has 0 spiro atoms. The fraction of sp³-hybridized carbons (Fsp3) is 0.667. The zero-order chi connectivity index (χ0) is 6.99. The Kier molecular flexibility index (Phi) is 30.4. The standard InChI is InChI=1S/C3H6NOS.FH2N.K/c4-3(1-5)2-6;1-2;/h3,6H,2,4H2;2H2;/q-1;;+1/t3-;;/m1../s1. The molecule has 0 aromatic rings. The van der Waals surface area contributed by atoms with Crippen molar-refractivity contribution in [1.29, 1.82) is 0 Å². The van der Waals surface area contributed by atoms with Gasteiger partial charge in [0.25, 0.3) is 0 Å². The van der Waals surface area contributed by atoms with E-state index in [-0.39, 0.29) is 51.4 Å². The maximum Gasteiger partial charge on any atom is 1.00 e. The van der Waals surface area contributed by atoms with Crippen molar-refractivity contribution in [2.75, 3.05) is 5.75 Å². The first kappa shape index (κ1) is 16.9. The fourth-order valence-electron chi connectivity index (χ4n) is 0.0373. The number of carbonyl (C=O) groups excluding carboxylic acids is 1. The normalized spacial score (nSPS) is 9.78. The third kappa shape index (κ3) is 17.7. The molecular formula is C3H8FKN2OS. The predicted octanol–water partition coefficient (Wildman–Crippen LogP) is -3.81. The predicted molar refractivity (Wildman–Crippen MR) is 32.8 cm³/mol. The van der Waals surface area contributed by atoms with Gasteiger partial charge in [0.15, 0.2) is 0 Å². The first-order chi connectivity index (χ1) is 3.81. The zero-order valence-electron chi connectivity index (χ0n) is 5.17. The topological polar surface area (TPSA) is 69.1 Å². The summed E-state index contributed by atoms with van der Waals surface area (Å²) in [7, 11) is 0. The first-order valence-electron chi connectivity index (χ1n) is 1.77. The van der Waals surface area contributed by atoms with Gasteiger partial charge in [0.2, 0.25) is 0 Å². The average molecular weight is 178 g/mol. The van der Waals surface area contributed by atoms with E-state index in [0.717, 1.165) is 0 Å². The molecule has 1 atom stereocenters. The van der Waals surface area contributed by atoms with E-state index in [1.54, 1.807) is 6.29 Å². The smallest absolute Gasteiger partial charge is 0.540 e. The molecular weight excluding hydrogens is 170 g/mol. The molecule has 0 saturated heterocycles. The summed E-state index contributed by atoms with van der Waals surface area (Å²) >= 11 is 3.71. The van der Waals surface area contributed by atoms with Gasteiger partial charge < -0.3 is 10.5 Å². The van der Waals surface area contributed by atoms with E-state index >= 15 is 0 Å². The van der Waals surface area contributed by atoms with Crippen molar-refractivity contribution in [3.05, 3.63) is 0 Å². The molecule has 0 radical (unpaired) electrons. The molecule has 50 valence electrons. The maximum absolute atomic E-state index is 9.44. The number of hydrogen-bond acceptors (Lipinski definition) is 4. The maximum atomic E-state index is 9.44. The molecule has 0 unspecified atom stereocenters. The zero-order valence-corrected chi connectivity index (χ0v) is 9.19. The number of thiol groups is 1. The van der Waals surface area contributed by atoms with E-state index in [1.807, 2.05) is 0 Å². The second kappa shape index (κ2) is 16.2. The van der Waals surface area contributed by atoms with Gasteiger partial charge in [-0.25, -0.2) is 6.29 Å². The Labute approximate surface area is 101 Å². The fourth-order valence-corrected chi connectivity index (χ4v) is 0.112. The molecule has 0 aliphatic heterocycles. The summed E-state index contributed by atoms with van der Waals surface area (Å²) in [6.07, 6.45) is 1.57. The minimum atomic E-state index is -0.506. The van der Waals surface area contributed by atoms with Crippen LogP contribution >= 0.6 is 12.6 Å². The Bertz CT molecular complexity index is 59.1. The van der Waals surface area contributed by atoms with Crippen LogP contribution in [0.3, 0.4) is 0 Å². The molecule has 9 heavy (non-hydrogen) atoms. The van der Waals surface area contributed by atoms with Crippen LogP contribution in [0.15, 0.2) is 0 Å². The second-order valence-corrected chi connectivity index (χ2v) is 1.27. The van der Waals surface area contributed by atoms with Crippen LogP contribution in [0.4, 0.5) is 4.48 Å². The molecule has 6 heteroatoms. The Morgan fingerprint density at radius 1 is 1.67 bits per heavy atom. The van der Waals surface area contributed by atoms with E-state index in [1.165, 1.54) is 0 Å². The van der Waals surface area contributed by atoms with Crippen molar-refractivity contribution in [1.82, 2.24) is 0 Å². The molecule has 0 heterocycles. The Balaban J connectivity index is -0.000000109. The average Bonchev–Trinajstić information content (AvgIpc) is 1.91. The minimum Gasteiger partial charge on any atom is -0.540 e. The van der Waals surface area contributed by atoms with Gasteiger partial charge >= 0.3 is 51.4 Å². The van der Waals surface area contributed by atoms with Crippen LogP contribution in [0, 0.1) is 0 Å². The van der Waals surface area contributed by atoms with Crippen LogP contribution in [0.1, 0.15) is 0 Å². The van der Waals surface area contributed by atoms with Crippen LogP contribution < -0.4 is 63.1 Å². The molecule has 0 rings (SSSR count). The van der Waals surface area contributed by atoms with Crippen LogP contribution in [-0.2, 0) is 4.79 Å². The number of halogens is 1. The van der Waals surface area contributed by atoms with E-state index in [2.05, 4.69) is 18.6 Å². The van der Waals surface area contributed by atoms with Crippen molar-refractivity contribution in [2.24, 2.45) is 11.7 Å². The number of nitrogens with two attached hydrogens (primary N) is 2. The molecule has 4 N–H and O–H groups in total. The summed E-state index contributed by atoms with van der Waals surface area (Å²) in [5.41, 5.74) is 4.97. The van der Waals surface area contributed by atoms with Crippen molar-refractivity contribution in [2.45, 2.75) is 6.04 Å². The van der Waals surface area contributed by atoms with Gasteiger partial charge in [0.05, 0.1) is 0 Å². The van der Waals surface area contributed by atoms with Gasteiger partial charge in [-0.3, -0.25) is 0 Å². The molecule has 0 aromatic heterocycles. The van der Waals surface area contributed by atoms with Gasteiger partial charge in [0, 0.05) is 0 Å². The summed E-state index contributed by atoms with van der Waals surface area (Å²) in [5.74, 6) is 3.38. The van der Waals surface area contributed by atoms with E-state index in [4.69, 9.17) is 10.2 Å². The Hall–Kier alpha value is 1.51. The van der Waals surface area contributed by atoms with Crippen molar-refractivity contribution in [3.8, 4) is 0 Å². The van der Waals surface area contributed by atoms with Gasteiger partial charge in [-0.15, -0.1) is 4.48 Å². The molecule has 0 amide bonds. The van der Waals surface area contributed by atoms with Gasteiger partial charge in [-0.2, -0.15) is 18.6 Å². The molecule has 0 aliphatic rings. The monoisotopic (exact) mass is 178 g/mol. The van der Waals surface area contributed by atoms with Crippen LogP contribution in [-0.4, -0.2) is 18.1 Å². The van der Waals surface area contributed by atoms with Crippen LogP contribution in [0.2, 0.25) is 0 Å². The Morgan fingerprint density at radius 3 is 2.00 bits per heavy atom. The third-order valence-corrected chi connectivity index (χ3v) is 0.741. The third-order valence-electron chi connectivity index (χ3n) is 0.348. The molecule has 0 fully saturated rings. The largest absolute Gasteiger partial charge is 1.00 e. The number of rotatable bonds is 2. The molecule has 0 bridgehead atoms. The quantitative estimate of drug-likeness (QED) is 0.176. The van der Waals surface area contributed by atoms with E-state index in [9.17, 15) is 4.79 Å². The molecule has 0 aromatic carbocycles. The second-order valence-electron chi connectivity index (χ2n) is 0.907. The minimum absolute atomic E-state index is 0. The van der Waals surface area contributed by atoms with Gasteiger partial charge in [0.1, 0.15) is 0 Å². The van der Waals surface area contributed by atoms with Crippen molar-refractivity contribution >= 4 is 18.9 Å². The summed E-state index contributed by atoms with van der Waals surface area (Å²) in [6, 6.07) is -0.506. The van der Waals surface area contributed by atoms with Crippen molar-refractivity contribution in [3.63, 3.8) is 0 Å². The van der Waals surface area contributed by atoms with Crippen LogP contribution in [0.5, 0.6) is 0 Å². The first-order valence-corrected chi connectivity index (χ1v) is 2.40. The molecule has 0 aliphatic carbocycles. The molecule has 0 saturated carbocycles. The summed E-state index contributed by atoms with van der Waals surface area (Å²) in [6.45, 7) is 0. The summed E-state index contributed by atoms with van der Waals surface area (Å²) in [4.78, 5) is 9.44. The van der Waals surface area contributed by atoms with Crippen LogP contribution in [0.25, 0.3) is 0 Å². The molecule has 3 nitrogen and oxygen atoms in total. The summed E-state index contributed by atoms with van der Waals surface area (Å²) < 4.78 is 9.00. The SMILES string of the molecule is NF.N[C@H]([C-]=O)CS.[K+]. The Morgan fingerprint density at radius 2 is 2.00 bits per heavy atom.